The molecule has 0 aliphatic heterocycles. The fourth-order valence-corrected chi connectivity index (χ4v) is 3.64. The smallest absolute Gasteiger partial charge is 0.173 e. The van der Waals surface area contributed by atoms with Crippen molar-refractivity contribution in [3.8, 4) is 0 Å². The topological polar surface area (TPSA) is 75.3 Å². The Morgan fingerprint density at radius 3 is 2.52 bits per heavy atom. The van der Waals surface area contributed by atoms with Crippen molar-refractivity contribution in [2.24, 2.45) is 0 Å². The van der Waals surface area contributed by atoms with Gasteiger partial charge >= 0.3 is 0 Å². The molecular formula is C21H22N2O3S. The van der Waals surface area contributed by atoms with E-state index in [2.05, 4.69) is 4.98 Å². The van der Waals surface area contributed by atoms with Crippen LogP contribution in [0.4, 0.5) is 0 Å². The molecule has 6 heteroatoms. The summed E-state index contributed by atoms with van der Waals surface area (Å²) in [4.78, 5) is 16.7. The molecule has 5 nitrogen and oxygen atoms in total. The van der Waals surface area contributed by atoms with Crippen LogP contribution in [0, 0.1) is 6.92 Å². The molecule has 2 N–H and O–H groups in total. The van der Waals surface area contributed by atoms with E-state index in [0.717, 1.165) is 11.1 Å². The zero-order chi connectivity index (χ0) is 19.2. The summed E-state index contributed by atoms with van der Waals surface area (Å²) < 4.78 is 1.77. The Morgan fingerprint density at radius 2 is 1.85 bits per heavy atom. The molecule has 1 unspecified atom stereocenters. The molecule has 0 spiro atoms. The average Bonchev–Trinajstić information content (AvgIpc) is 3.08. The van der Waals surface area contributed by atoms with Gasteiger partial charge in [-0.1, -0.05) is 71.9 Å². The van der Waals surface area contributed by atoms with Gasteiger partial charge in [0, 0.05) is 5.56 Å². The van der Waals surface area contributed by atoms with Gasteiger partial charge in [-0.15, -0.1) is 0 Å². The van der Waals surface area contributed by atoms with Gasteiger partial charge in [-0.05, 0) is 12.5 Å². The highest BCUT2D eigenvalue weighted by Crippen LogP contribution is 2.24. The van der Waals surface area contributed by atoms with Crippen molar-refractivity contribution in [3.05, 3.63) is 83.2 Å². The van der Waals surface area contributed by atoms with Crippen LogP contribution in [0.25, 0.3) is 0 Å². The largest absolute Gasteiger partial charge is 0.390 e. The summed E-state index contributed by atoms with van der Waals surface area (Å²) in [6, 6.07) is 16.8. The van der Waals surface area contributed by atoms with Crippen LogP contribution in [-0.4, -0.2) is 31.3 Å². The molecule has 1 heterocycles. The molecule has 0 aliphatic rings. The van der Waals surface area contributed by atoms with Gasteiger partial charge in [0.1, 0.15) is 0 Å². The standard InChI is InChI=1S/C21H22N2O3S/c1-15-7-9-17(10-8-15)20(26)14-27-21-22-11-18(13-24)23(21)12-19(25)16-5-3-2-4-6-16/h2-11,19,24-25H,12-14H2,1H3. The molecule has 0 radical (unpaired) electrons. The molecule has 0 saturated heterocycles. The number of carbonyl (C=O) groups is 1. The van der Waals surface area contributed by atoms with E-state index < -0.39 is 6.10 Å². The lowest BCUT2D eigenvalue weighted by Gasteiger charge is -2.16. The quantitative estimate of drug-likeness (QED) is 0.461. The van der Waals surface area contributed by atoms with Crippen molar-refractivity contribution in [1.82, 2.24) is 9.55 Å². The average molecular weight is 382 g/mol. The number of hydrogen-bond donors (Lipinski definition) is 2. The number of aliphatic hydroxyl groups is 2. The third kappa shape index (κ3) is 4.86. The van der Waals surface area contributed by atoms with Crippen LogP contribution in [0.15, 0.2) is 66.0 Å². The molecule has 1 aromatic heterocycles. The van der Waals surface area contributed by atoms with E-state index in [1.165, 1.54) is 11.8 Å². The zero-order valence-electron chi connectivity index (χ0n) is 15.1. The fourth-order valence-electron chi connectivity index (χ4n) is 2.74. The van der Waals surface area contributed by atoms with E-state index in [9.17, 15) is 15.0 Å². The first kappa shape index (κ1) is 19.4. The maximum atomic E-state index is 12.4. The molecule has 0 bridgehead atoms. The third-order valence-corrected chi connectivity index (χ3v) is 5.30. The van der Waals surface area contributed by atoms with E-state index in [0.29, 0.717) is 16.4 Å². The van der Waals surface area contributed by atoms with E-state index in [-0.39, 0.29) is 24.7 Å². The number of thioether (sulfide) groups is 1. The van der Waals surface area contributed by atoms with Crippen molar-refractivity contribution in [2.45, 2.75) is 31.3 Å². The maximum absolute atomic E-state index is 12.4. The molecule has 0 saturated carbocycles. The Morgan fingerprint density at radius 1 is 1.15 bits per heavy atom. The van der Waals surface area contributed by atoms with E-state index in [1.807, 2.05) is 61.5 Å². The highest BCUT2D eigenvalue weighted by atomic mass is 32.2. The predicted octanol–water partition coefficient (Wildman–Crippen LogP) is 3.39. The van der Waals surface area contributed by atoms with Crippen LogP contribution < -0.4 is 0 Å². The monoisotopic (exact) mass is 382 g/mol. The summed E-state index contributed by atoms with van der Waals surface area (Å²) in [6.45, 7) is 2.07. The number of benzene rings is 2. The summed E-state index contributed by atoms with van der Waals surface area (Å²) in [6.07, 6.45) is 0.856. The molecule has 0 aliphatic carbocycles. The lowest BCUT2D eigenvalue weighted by Crippen LogP contribution is -2.13. The van der Waals surface area contributed by atoms with Crippen LogP contribution >= 0.6 is 11.8 Å². The Bertz CT molecular complexity index is 892. The number of hydrogen-bond acceptors (Lipinski definition) is 5. The molecule has 2 aromatic carbocycles. The molecule has 0 fully saturated rings. The second kappa shape index (κ2) is 8.99. The lowest BCUT2D eigenvalue weighted by molar-refractivity contribution is 0.102. The Labute approximate surface area is 162 Å². The highest BCUT2D eigenvalue weighted by molar-refractivity contribution is 7.99. The van der Waals surface area contributed by atoms with Gasteiger partial charge in [0.25, 0.3) is 0 Å². The third-order valence-electron chi connectivity index (χ3n) is 4.31. The molecular weight excluding hydrogens is 360 g/mol. The van der Waals surface area contributed by atoms with Gasteiger partial charge in [0.2, 0.25) is 0 Å². The number of ketones is 1. The minimum Gasteiger partial charge on any atom is -0.390 e. The Kier molecular flexibility index (Phi) is 6.45. The first-order valence-corrected chi connectivity index (χ1v) is 9.68. The maximum Gasteiger partial charge on any atom is 0.173 e. The van der Waals surface area contributed by atoms with E-state index in [4.69, 9.17) is 0 Å². The summed E-state index contributed by atoms with van der Waals surface area (Å²) in [5.41, 5.74) is 3.17. The number of aryl methyl sites for hydroxylation is 1. The lowest BCUT2D eigenvalue weighted by atomic mass is 10.1. The van der Waals surface area contributed by atoms with Crippen molar-refractivity contribution in [2.75, 3.05) is 5.75 Å². The second-order valence-electron chi connectivity index (χ2n) is 6.31. The zero-order valence-corrected chi connectivity index (χ0v) is 15.9. The summed E-state index contributed by atoms with van der Waals surface area (Å²) >= 11 is 1.31. The molecule has 3 aromatic rings. The van der Waals surface area contributed by atoms with Gasteiger partial charge in [0.05, 0.1) is 36.9 Å². The van der Waals surface area contributed by atoms with Crippen molar-refractivity contribution in [3.63, 3.8) is 0 Å². The normalized spacial score (nSPS) is 12.1. The Balaban J connectivity index is 1.71. The molecule has 0 amide bonds. The van der Waals surface area contributed by atoms with Gasteiger partial charge in [-0.2, -0.15) is 0 Å². The van der Waals surface area contributed by atoms with Crippen molar-refractivity contribution < 1.29 is 15.0 Å². The number of Topliss-reactive ketones (excluding diaryl/α,β-unsaturated/α-hetero) is 1. The van der Waals surface area contributed by atoms with Gasteiger partial charge in [-0.3, -0.25) is 4.79 Å². The SMILES string of the molecule is Cc1ccc(C(=O)CSc2ncc(CO)n2CC(O)c2ccccc2)cc1. The number of carbonyl (C=O) groups excluding carboxylic acids is 1. The van der Waals surface area contributed by atoms with Crippen LogP contribution in [0.1, 0.15) is 33.3 Å². The number of aliphatic hydroxyl groups excluding tert-OH is 2. The summed E-state index contributed by atoms with van der Waals surface area (Å²) in [7, 11) is 0. The van der Waals surface area contributed by atoms with E-state index >= 15 is 0 Å². The van der Waals surface area contributed by atoms with Crippen LogP contribution in [-0.2, 0) is 13.2 Å². The Hall–Kier alpha value is -2.41. The van der Waals surface area contributed by atoms with Crippen LogP contribution in [0.3, 0.4) is 0 Å². The van der Waals surface area contributed by atoms with Crippen LogP contribution in [0.2, 0.25) is 0 Å². The number of nitrogens with zero attached hydrogens (tertiary/aromatic N) is 2. The molecule has 1 atom stereocenters. The number of rotatable bonds is 8. The first-order valence-electron chi connectivity index (χ1n) is 8.69. The molecule has 27 heavy (non-hydrogen) atoms. The first-order chi connectivity index (χ1) is 13.1. The second-order valence-corrected chi connectivity index (χ2v) is 7.25. The highest BCUT2D eigenvalue weighted by Gasteiger charge is 2.17. The number of imidazole rings is 1. The van der Waals surface area contributed by atoms with Gasteiger partial charge in [0.15, 0.2) is 10.9 Å². The minimum absolute atomic E-state index is 0.0173. The minimum atomic E-state index is -0.724. The fraction of sp³-hybridized carbons (Fsp3) is 0.238. The van der Waals surface area contributed by atoms with E-state index in [1.54, 1.807) is 10.8 Å². The van der Waals surface area contributed by atoms with Crippen LogP contribution in [0.5, 0.6) is 0 Å². The van der Waals surface area contributed by atoms with Crippen molar-refractivity contribution in [1.29, 1.82) is 0 Å². The number of aromatic nitrogens is 2. The summed E-state index contributed by atoms with van der Waals surface area (Å²) in [5, 5.41) is 20.7. The predicted molar refractivity (Wildman–Crippen MR) is 106 cm³/mol. The van der Waals surface area contributed by atoms with Gasteiger partial charge < -0.3 is 14.8 Å². The molecule has 140 valence electrons. The van der Waals surface area contributed by atoms with Crippen molar-refractivity contribution >= 4 is 17.5 Å². The summed E-state index contributed by atoms with van der Waals surface area (Å²) in [5.74, 6) is 0.260. The molecule has 3 rings (SSSR count). The van der Waals surface area contributed by atoms with Gasteiger partial charge in [-0.25, -0.2) is 4.98 Å².